The van der Waals surface area contributed by atoms with Crippen LogP contribution < -0.4 is 16.8 Å². The molecule has 1 unspecified atom stereocenters. The van der Waals surface area contributed by atoms with Crippen molar-refractivity contribution in [3.05, 3.63) is 53.0 Å². The molecular weight excluding hydrogens is 298 g/mol. The van der Waals surface area contributed by atoms with Crippen LogP contribution in [0.4, 0.5) is 0 Å². The summed E-state index contributed by atoms with van der Waals surface area (Å²) in [6, 6.07) is 4.64. The van der Waals surface area contributed by atoms with Gasteiger partial charge >= 0.3 is 0 Å². The highest BCUT2D eigenvalue weighted by Gasteiger charge is 2.27. The Labute approximate surface area is 144 Å². The summed E-state index contributed by atoms with van der Waals surface area (Å²) in [5.74, 6) is 0. The summed E-state index contributed by atoms with van der Waals surface area (Å²) in [5, 5.41) is 3.49. The molecule has 24 heavy (non-hydrogen) atoms. The van der Waals surface area contributed by atoms with Crippen molar-refractivity contribution in [2.45, 2.75) is 31.7 Å². The highest BCUT2D eigenvalue weighted by Crippen LogP contribution is 2.33. The van der Waals surface area contributed by atoms with Gasteiger partial charge in [0.15, 0.2) is 0 Å². The fourth-order valence-electron chi connectivity index (χ4n) is 3.63. The molecule has 0 saturated carbocycles. The summed E-state index contributed by atoms with van der Waals surface area (Å²) >= 11 is 0. The summed E-state index contributed by atoms with van der Waals surface area (Å²) in [5.41, 5.74) is 16.7. The van der Waals surface area contributed by atoms with Gasteiger partial charge in [-0.15, -0.1) is 0 Å². The number of rotatable bonds is 7. The van der Waals surface area contributed by atoms with Crippen LogP contribution in [-0.4, -0.2) is 42.6 Å². The molecule has 0 radical (unpaired) electrons. The molecule has 2 heterocycles. The maximum absolute atomic E-state index is 5.79. The molecule has 5 heteroatoms. The lowest BCUT2D eigenvalue weighted by Gasteiger charge is -2.35. The van der Waals surface area contributed by atoms with Gasteiger partial charge in [-0.1, -0.05) is 18.2 Å². The second-order valence-electron chi connectivity index (χ2n) is 6.60. The lowest BCUT2D eigenvalue weighted by molar-refractivity contribution is 0.207. The van der Waals surface area contributed by atoms with E-state index in [1.807, 2.05) is 12.3 Å². The number of nitrogens with one attached hydrogen (secondary N) is 1. The number of nitrogens with two attached hydrogens (primary N) is 2. The molecule has 5 nitrogen and oxygen atoms in total. The van der Waals surface area contributed by atoms with Gasteiger partial charge in [-0.25, -0.2) is 0 Å². The Kier molecular flexibility index (Phi) is 6.01. The molecule has 3 rings (SSSR count). The minimum absolute atomic E-state index is 0.367. The van der Waals surface area contributed by atoms with E-state index in [1.54, 1.807) is 0 Å². The van der Waals surface area contributed by atoms with Crippen molar-refractivity contribution in [1.82, 2.24) is 15.2 Å². The van der Waals surface area contributed by atoms with E-state index in [9.17, 15) is 0 Å². The van der Waals surface area contributed by atoms with Gasteiger partial charge in [0.05, 0.1) is 11.7 Å². The monoisotopic (exact) mass is 327 g/mol. The lowest BCUT2D eigenvalue weighted by Crippen LogP contribution is -2.36. The number of hydrogen-bond acceptors (Lipinski definition) is 5. The van der Waals surface area contributed by atoms with Crippen LogP contribution in [0.1, 0.15) is 36.6 Å². The molecular formula is C19H29N5. The quantitative estimate of drug-likeness (QED) is 0.661. The number of hydrogen-bond donors (Lipinski definition) is 3. The van der Waals surface area contributed by atoms with Gasteiger partial charge in [0.25, 0.3) is 0 Å². The SMILES string of the molecule is NCC(=CCN(CC1=CCCN1)C1CCCc2cccnc21)CN. The summed E-state index contributed by atoms with van der Waals surface area (Å²) in [6.07, 6.45) is 11.1. The van der Waals surface area contributed by atoms with Crippen LogP contribution in [0, 0.1) is 0 Å². The maximum Gasteiger partial charge on any atom is 0.0607 e. The average molecular weight is 327 g/mol. The summed E-state index contributed by atoms with van der Waals surface area (Å²) in [6.45, 7) is 3.91. The molecule has 0 amide bonds. The Morgan fingerprint density at radius 1 is 1.38 bits per heavy atom. The fourth-order valence-corrected chi connectivity index (χ4v) is 3.63. The first-order chi connectivity index (χ1) is 11.8. The zero-order chi connectivity index (χ0) is 16.8. The van der Waals surface area contributed by atoms with E-state index in [2.05, 4.69) is 28.4 Å². The van der Waals surface area contributed by atoms with Crippen molar-refractivity contribution in [3.63, 3.8) is 0 Å². The summed E-state index contributed by atoms with van der Waals surface area (Å²) in [4.78, 5) is 7.23. The van der Waals surface area contributed by atoms with E-state index in [0.29, 0.717) is 19.1 Å². The van der Waals surface area contributed by atoms with Gasteiger partial charge in [-0.05, 0) is 42.9 Å². The van der Waals surface area contributed by atoms with Crippen LogP contribution in [0.15, 0.2) is 41.8 Å². The molecule has 1 aromatic rings. The fraction of sp³-hybridized carbons (Fsp3) is 0.526. The molecule has 2 aliphatic rings. The molecule has 130 valence electrons. The Balaban J connectivity index is 1.82. The summed E-state index contributed by atoms with van der Waals surface area (Å²) in [7, 11) is 0. The van der Waals surface area contributed by atoms with Gasteiger partial charge in [0.2, 0.25) is 0 Å². The maximum atomic E-state index is 5.79. The van der Waals surface area contributed by atoms with Gasteiger partial charge in [-0.3, -0.25) is 9.88 Å². The van der Waals surface area contributed by atoms with Crippen LogP contribution in [0.5, 0.6) is 0 Å². The Morgan fingerprint density at radius 3 is 3.00 bits per heavy atom. The van der Waals surface area contributed by atoms with Crippen LogP contribution in [-0.2, 0) is 6.42 Å². The smallest absolute Gasteiger partial charge is 0.0607 e. The summed E-state index contributed by atoms with van der Waals surface area (Å²) < 4.78 is 0. The van der Waals surface area contributed by atoms with E-state index in [0.717, 1.165) is 44.5 Å². The molecule has 1 aliphatic carbocycles. The number of nitrogens with zero attached hydrogens (tertiary/aromatic N) is 2. The number of fused-ring (bicyclic) bond motifs is 1. The minimum atomic E-state index is 0.367. The average Bonchev–Trinajstić information content (AvgIpc) is 3.14. The second kappa shape index (κ2) is 8.42. The highest BCUT2D eigenvalue weighted by atomic mass is 15.2. The molecule has 5 N–H and O–H groups in total. The zero-order valence-corrected chi connectivity index (χ0v) is 14.4. The standard InChI is InChI=1S/C19H29N5/c20-12-15(13-21)8-11-24(14-17-6-3-9-22-17)18-7-1-4-16-5-2-10-23-19(16)18/h2,5-6,8,10,18,22H,1,3-4,7,9,11-14,20-21H2. The van der Waals surface area contributed by atoms with E-state index < -0.39 is 0 Å². The number of aryl methyl sites for hydroxylation is 1. The van der Waals surface area contributed by atoms with Crippen LogP contribution in [0.3, 0.4) is 0 Å². The van der Waals surface area contributed by atoms with E-state index in [-0.39, 0.29) is 0 Å². The number of aromatic nitrogens is 1. The van der Waals surface area contributed by atoms with Gasteiger partial charge in [0, 0.05) is 44.6 Å². The Bertz CT molecular complexity index is 602. The minimum Gasteiger partial charge on any atom is -0.387 e. The molecule has 0 aromatic carbocycles. The third-order valence-electron chi connectivity index (χ3n) is 5.01. The van der Waals surface area contributed by atoms with Gasteiger partial charge in [0.1, 0.15) is 0 Å². The third kappa shape index (κ3) is 4.04. The van der Waals surface area contributed by atoms with Crippen LogP contribution in [0.25, 0.3) is 0 Å². The van der Waals surface area contributed by atoms with Crippen LogP contribution >= 0.6 is 0 Å². The topological polar surface area (TPSA) is 80.2 Å². The molecule has 0 bridgehead atoms. The van der Waals surface area contributed by atoms with Gasteiger partial charge < -0.3 is 16.8 Å². The second-order valence-corrected chi connectivity index (χ2v) is 6.60. The molecule has 0 saturated heterocycles. The predicted octanol–water partition coefficient (Wildman–Crippen LogP) is 1.48. The lowest BCUT2D eigenvalue weighted by atomic mass is 9.90. The van der Waals surface area contributed by atoms with E-state index in [1.165, 1.54) is 23.4 Å². The first-order valence-electron chi connectivity index (χ1n) is 9.00. The molecule has 1 aliphatic heterocycles. The van der Waals surface area contributed by atoms with Crippen molar-refractivity contribution in [1.29, 1.82) is 0 Å². The normalized spacial score (nSPS) is 19.6. The molecule has 0 spiro atoms. The van der Waals surface area contributed by atoms with Crippen molar-refractivity contribution < 1.29 is 0 Å². The largest absolute Gasteiger partial charge is 0.387 e. The van der Waals surface area contributed by atoms with E-state index >= 15 is 0 Å². The molecule has 1 aromatic heterocycles. The van der Waals surface area contributed by atoms with Crippen LogP contribution in [0.2, 0.25) is 0 Å². The van der Waals surface area contributed by atoms with E-state index in [4.69, 9.17) is 16.5 Å². The predicted molar refractivity (Wildman–Crippen MR) is 98.4 cm³/mol. The number of pyridine rings is 1. The van der Waals surface area contributed by atoms with Crippen molar-refractivity contribution >= 4 is 0 Å². The van der Waals surface area contributed by atoms with Gasteiger partial charge in [-0.2, -0.15) is 0 Å². The van der Waals surface area contributed by atoms with Crippen molar-refractivity contribution in [3.8, 4) is 0 Å². The van der Waals surface area contributed by atoms with Crippen molar-refractivity contribution in [2.24, 2.45) is 11.5 Å². The first kappa shape index (κ1) is 17.1. The molecule has 1 atom stereocenters. The molecule has 0 fully saturated rings. The highest BCUT2D eigenvalue weighted by molar-refractivity contribution is 5.26. The van der Waals surface area contributed by atoms with Crippen molar-refractivity contribution in [2.75, 3.05) is 32.7 Å². The zero-order valence-electron chi connectivity index (χ0n) is 14.4. The Hall–Kier alpha value is -1.69. The first-order valence-corrected chi connectivity index (χ1v) is 9.00. The third-order valence-corrected chi connectivity index (χ3v) is 5.01. The Morgan fingerprint density at radius 2 is 2.25 bits per heavy atom.